The minimum atomic E-state index is -0.563. The Morgan fingerprint density at radius 3 is 2.65 bits per heavy atom. The minimum absolute atomic E-state index is 0.0625. The Morgan fingerprint density at radius 2 is 1.96 bits per heavy atom. The molecule has 5 nitrogen and oxygen atoms in total. The van der Waals surface area contributed by atoms with E-state index >= 15 is 0 Å². The van der Waals surface area contributed by atoms with Gasteiger partial charge in [-0.15, -0.1) is 0 Å². The maximum absolute atomic E-state index is 12.4. The predicted octanol–water partition coefficient (Wildman–Crippen LogP) is 2.60. The molecule has 2 aliphatic rings. The molecule has 0 saturated carbocycles. The third kappa shape index (κ3) is 3.13. The molecule has 1 aromatic carbocycles. The van der Waals surface area contributed by atoms with Gasteiger partial charge in [0.1, 0.15) is 11.9 Å². The van der Waals surface area contributed by atoms with Gasteiger partial charge in [0.15, 0.2) is 0 Å². The van der Waals surface area contributed by atoms with E-state index in [2.05, 4.69) is 30.6 Å². The Kier molecular flexibility index (Phi) is 3.72. The Hall–Kier alpha value is -2.56. The van der Waals surface area contributed by atoms with Crippen LogP contribution >= 0.6 is 0 Å². The van der Waals surface area contributed by atoms with Crippen LogP contribution in [0.2, 0.25) is 0 Å². The molecule has 2 heterocycles. The summed E-state index contributed by atoms with van der Waals surface area (Å²) in [7, 11) is 0. The second-order valence-electron chi connectivity index (χ2n) is 6.62. The van der Waals surface area contributed by atoms with E-state index in [-0.39, 0.29) is 23.7 Å². The number of para-hydroxylation sites is 1. The van der Waals surface area contributed by atoms with Crippen molar-refractivity contribution in [3.63, 3.8) is 0 Å². The zero-order chi connectivity index (χ0) is 16.6. The molecule has 0 spiro atoms. The smallest absolute Gasteiger partial charge is 0.247 e. The number of hydrogen-bond donors (Lipinski definition) is 2. The van der Waals surface area contributed by atoms with Gasteiger partial charge in [0, 0.05) is 16.8 Å². The molecule has 5 heteroatoms. The first-order valence-electron chi connectivity index (χ1n) is 7.73. The van der Waals surface area contributed by atoms with Crippen LogP contribution < -0.4 is 10.6 Å². The lowest BCUT2D eigenvalue weighted by atomic mass is 9.88. The molecule has 0 aromatic heterocycles. The molecule has 2 amide bonds. The van der Waals surface area contributed by atoms with E-state index in [1.807, 2.05) is 43.3 Å². The molecule has 0 bridgehead atoms. The number of carbonyl (C=O) groups excluding carboxylic acids is 2. The van der Waals surface area contributed by atoms with Gasteiger partial charge in [-0.2, -0.15) is 0 Å². The van der Waals surface area contributed by atoms with Crippen molar-refractivity contribution in [3.05, 3.63) is 54.0 Å². The van der Waals surface area contributed by atoms with Crippen molar-refractivity contribution in [2.45, 2.75) is 33.2 Å². The highest BCUT2D eigenvalue weighted by Crippen LogP contribution is 2.33. The number of nitrogens with zero attached hydrogens (tertiary/aromatic N) is 1. The zero-order valence-electron chi connectivity index (χ0n) is 13.6. The first-order valence-corrected chi connectivity index (χ1v) is 7.73. The number of fused-ring (bicyclic) bond motifs is 1. The maximum atomic E-state index is 12.4. The van der Waals surface area contributed by atoms with Crippen LogP contribution in [-0.4, -0.2) is 22.8 Å². The van der Waals surface area contributed by atoms with Crippen LogP contribution in [0.25, 0.3) is 0 Å². The molecule has 2 aliphatic heterocycles. The number of hydrogen-bond acceptors (Lipinski definition) is 3. The monoisotopic (exact) mass is 311 g/mol. The summed E-state index contributed by atoms with van der Waals surface area (Å²) in [5.41, 5.74) is 1.47. The number of nitrogens with one attached hydrogen (secondary N) is 2. The minimum Gasteiger partial charge on any atom is -0.359 e. The fourth-order valence-corrected chi connectivity index (χ4v) is 3.09. The van der Waals surface area contributed by atoms with Crippen LogP contribution in [0.1, 0.15) is 27.2 Å². The van der Waals surface area contributed by atoms with Crippen LogP contribution in [0, 0.1) is 5.41 Å². The van der Waals surface area contributed by atoms with Gasteiger partial charge in [-0.1, -0.05) is 38.1 Å². The molecule has 1 atom stereocenters. The first-order chi connectivity index (χ1) is 10.9. The average molecular weight is 311 g/mol. The molecule has 1 saturated heterocycles. The maximum Gasteiger partial charge on any atom is 0.247 e. The van der Waals surface area contributed by atoms with E-state index in [9.17, 15) is 9.59 Å². The number of benzene rings is 1. The molecule has 23 heavy (non-hydrogen) atoms. The first kappa shape index (κ1) is 15.3. The largest absolute Gasteiger partial charge is 0.359 e. The number of amides is 2. The van der Waals surface area contributed by atoms with Crippen LogP contribution in [-0.2, 0) is 9.59 Å². The highest BCUT2D eigenvalue weighted by atomic mass is 16.2. The van der Waals surface area contributed by atoms with Crippen LogP contribution in [0.4, 0.5) is 5.69 Å². The van der Waals surface area contributed by atoms with Gasteiger partial charge in [0.25, 0.3) is 0 Å². The Labute approximate surface area is 136 Å². The van der Waals surface area contributed by atoms with E-state index < -0.39 is 6.04 Å². The van der Waals surface area contributed by atoms with E-state index in [1.165, 1.54) is 0 Å². The summed E-state index contributed by atoms with van der Waals surface area (Å²) in [6.45, 7) is 6.06. The summed E-state index contributed by atoms with van der Waals surface area (Å²) in [6, 6.07) is 8.69. The van der Waals surface area contributed by atoms with Gasteiger partial charge in [0.2, 0.25) is 11.8 Å². The summed E-state index contributed by atoms with van der Waals surface area (Å²) in [5.74, 6) is 0.432. The van der Waals surface area contributed by atoms with Gasteiger partial charge in [-0.25, -0.2) is 0 Å². The quantitative estimate of drug-likeness (QED) is 0.882. The number of rotatable bonds is 2. The van der Waals surface area contributed by atoms with Crippen molar-refractivity contribution < 1.29 is 9.59 Å². The third-order valence-corrected chi connectivity index (χ3v) is 3.99. The highest BCUT2D eigenvalue weighted by molar-refractivity contribution is 5.99. The van der Waals surface area contributed by atoms with Crippen molar-refractivity contribution in [1.82, 2.24) is 10.2 Å². The van der Waals surface area contributed by atoms with E-state index in [0.717, 1.165) is 11.4 Å². The fraction of sp³-hybridized carbons (Fsp3) is 0.333. The SMILES string of the molecule is CC1=CC(C)(C)C=C2N[C@H](C(=O)Nc3ccccc3)CC(=O)N12. The van der Waals surface area contributed by atoms with Crippen LogP contribution in [0.15, 0.2) is 54.0 Å². The molecule has 120 valence electrons. The van der Waals surface area contributed by atoms with Gasteiger partial charge in [0.05, 0.1) is 6.42 Å². The highest BCUT2D eigenvalue weighted by Gasteiger charge is 2.37. The van der Waals surface area contributed by atoms with Crippen molar-refractivity contribution in [2.75, 3.05) is 5.32 Å². The summed E-state index contributed by atoms with van der Waals surface area (Å²) in [6.07, 6.45) is 4.18. The number of anilines is 1. The molecule has 0 unspecified atom stereocenters. The Bertz CT molecular complexity index is 704. The van der Waals surface area contributed by atoms with E-state index in [4.69, 9.17) is 0 Å². The van der Waals surface area contributed by atoms with E-state index in [0.29, 0.717) is 5.82 Å². The summed E-state index contributed by atoms with van der Waals surface area (Å²) >= 11 is 0. The molecule has 3 rings (SSSR count). The van der Waals surface area contributed by atoms with Gasteiger partial charge >= 0.3 is 0 Å². The molecule has 2 N–H and O–H groups in total. The lowest BCUT2D eigenvalue weighted by Crippen LogP contribution is -2.54. The number of allylic oxidation sites excluding steroid dienone is 3. The van der Waals surface area contributed by atoms with E-state index in [1.54, 1.807) is 4.90 Å². The van der Waals surface area contributed by atoms with Crippen molar-refractivity contribution in [2.24, 2.45) is 5.41 Å². The summed E-state index contributed by atoms with van der Waals surface area (Å²) in [5, 5.41) is 6.05. The Morgan fingerprint density at radius 1 is 1.26 bits per heavy atom. The molecule has 0 radical (unpaired) electrons. The van der Waals surface area contributed by atoms with Crippen LogP contribution in [0.3, 0.4) is 0 Å². The lowest BCUT2D eigenvalue weighted by Gasteiger charge is -2.40. The number of carbonyl (C=O) groups is 2. The molecule has 1 aromatic rings. The van der Waals surface area contributed by atoms with Crippen molar-refractivity contribution in [1.29, 1.82) is 0 Å². The van der Waals surface area contributed by atoms with Crippen molar-refractivity contribution >= 4 is 17.5 Å². The van der Waals surface area contributed by atoms with Gasteiger partial charge in [-0.3, -0.25) is 14.5 Å². The predicted molar refractivity (Wildman–Crippen MR) is 89.1 cm³/mol. The normalized spacial score (nSPS) is 22.5. The standard InChI is InChI=1S/C18H21N3O2/c1-12-10-18(2,3)11-15-20-14(9-16(22)21(12)15)17(23)19-13-7-5-4-6-8-13/h4-8,10-11,14,20H,9H2,1-3H3,(H,19,23)/t14-/m0/s1. The topological polar surface area (TPSA) is 61.4 Å². The van der Waals surface area contributed by atoms with Gasteiger partial charge < -0.3 is 10.6 Å². The summed E-state index contributed by atoms with van der Waals surface area (Å²) in [4.78, 5) is 26.5. The fourth-order valence-electron chi connectivity index (χ4n) is 3.09. The van der Waals surface area contributed by atoms with Crippen molar-refractivity contribution in [3.8, 4) is 0 Å². The summed E-state index contributed by atoms with van der Waals surface area (Å²) < 4.78 is 0. The van der Waals surface area contributed by atoms with Crippen LogP contribution in [0.5, 0.6) is 0 Å². The Balaban J connectivity index is 1.78. The second-order valence-corrected chi connectivity index (χ2v) is 6.62. The second kappa shape index (κ2) is 5.57. The third-order valence-electron chi connectivity index (χ3n) is 3.99. The molecule has 1 fully saturated rings. The van der Waals surface area contributed by atoms with Gasteiger partial charge in [-0.05, 0) is 25.1 Å². The zero-order valence-corrected chi connectivity index (χ0v) is 13.6. The molecule has 0 aliphatic carbocycles. The molecular weight excluding hydrogens is 290 g/mol. The molecular formula is C18H21N3O2. The average Bonchev–Trinajstić information content (AvgIpc) is 2.45. The lowest BCUT2D eigenvalue weighted by molar-refractivity contribution is -0.133.